The van der Waals surface area contributed by atoms with Crippen molar-refractivity contribution in [1.29, 1.82) is 0 Å². The topological polar surface area (TPSA) is 83.8 Å². The smallest absolute Gasteiger partial charge is 0.200 e. The molecule has 5 nitrogen and oxygen atoms in total. The number of benzene rings is 2. The first-order valence-electron chi connectivity index (χ1n) is 8.25. The molecule has 1 aliphatic carbocycles. The third kappa shape index (κ3) is 1.99. The van der Waals surface area contributed by atoms with Gasteiger partial charge in [0.2, 0.25) is 0 Å². The quantitative estimate of drug-likeness (QED) is 0.575. The average Bonchev–Trinajstić information content (AvgIpc) is 2.93. The molecule has 5 rings (SSSR count). The molecule has 4 N–H and O–H groups in total. The van der Waals surface area contributed by atoms with Crippen LogP contribution >= 0.6 is 12.2 Å². The van der Waals surface area contributed by atoms with Crippen LogP contribution in [0.5, 0.6) is 0 Å². The third-order valence-electron chi connectivity index (χ3n) is 4.91. The Hall–Kier alpha value is -3.25. The number of H-pyrrole nitrogens is 1. The normalized spacial score (nSPS) is 17.4. The zero-order chi connectivity index (χ0) is 17.8. The SMILES string of the molecule is Nc1[nH]c(=S)nc2c1C(c1ccccc1)C1=C(N2)c2ccccc2C1=O. The average molecular weight is 358 g/mol. The predicted octanol–water partition coefficient (Wildman–Crippen LogP) is 3.89. The van der Waals surface area contributed by atoms with Crippen LogP contribution in [0, 0.1) is 4.77 Å². The molecular weight excluding hydrogens is 344 g/mol. The van der Waals surface area contributed by atoms with Crippen molar-refractivity contribution in [1.82, 2.24) is 9.97 Å². The van der Waals surface area contributed by atoms with Gasteiger partial charge in [-0.1, -0.05) is 54.6 Å². The van der Waals surface area contributed by atoms with E-state index in [1.54, 1.807) is 0 Å². The molecule has 0 amide bonds. The highest BCUT2D eigenvalue weighted by molar-refractivity contribution is 7.71. The van der Waals surface area contributed by atoms with Crippen molar-refractivity contribution in [3.63, 3.8) is 0 Å². The van der Waals surface area contributed by atoms with Gasteiger partial charge >= 0.3 is 0 Å². The zero-order valence-corrected chi connectivity index (χ0v) is 14.4. The Bertz CT molecular complexity index is 1160. The lowest BCUT2D eigenvalue weighted by atomic mass is 9.81. The maximum absolute atomic E-state index is 13.2. The maximum atomic E-state index is 13.2. The molecule has 26 heavy (non-hydrogen) atoms. The van der Waals surface area contributed by atoms with Gasteiger partial charge in [-0.05, 0) is 17.8 Å². The first kappa shape index (κ1) is 15.0. The zero-order valence-electron chi connectivity index (χ0n) is 13.6. The molecule has 2 heterocycles. The van der Waals surface area contributed by atoms with Gasteiger partial charge in [0, 0.05) is 28.2 Å². The Morgan fingerprint density at radius 3 is 2.46 bits per heavy atom. The lowest BCUT2D eigenvalue weighted by Crippen LogP contribution is -2.22. The van der Waals surface area contributed by atoms with Gasteiger partial charge in [0.25, 0.3) is 0 Å². The molecule has 0 bridgehead atoms. The number of anilines is 2. The highest BCUT2D eigenvalue weighted by Crippen LogP contribution is 2.49. The highest BCUT2D eigenvalue weighted by Gasteiger charge is 2.41. The van der Waals surface area contributed by atoms with E-state index in [1.165, 1.54) is 0 Å². The Morgan fingerprint density at radius 2 is 1.69 bits per heavy atom. The van der Waals surface area contributed by atoms with Crippen molar-refractivity contribution in [3.8, 4) is 0 Å². The lowest BCUT2D eigenvalue weighted by molar-refractivity contribution is 0.103. The monoisotopic (exact) mass is 358 g/mol. The summed E-state index contributed by atoms with van der Waals surface area (Å²) in [5.41, 5.74) is 11.1. The second kappa shape index (κ2) is 5.37. The van der Waals surface area contributed by atoms with Crippen LogP contribution in [0.3, 0.4) is 0 Å². The van der Waals surface area contributed by atoms with Gasteiger partial charge in [-0.15, -0.1) is 0 Å². The van der Waals surface area contributed by atoms with Crippen molar-refractivity contribution in [2.75, 3.05) is 11.1 Å². The Labute approximate surface area is 154 Å². The first-order chi connectivity index (χ1) is 12.6. The van der Waals surface area contributed by atoms with E-state index >= 15 is 0 Å². The van der Waals surface area contributed by atoms with Crippen LogP contribution in [0.25, 0.3) is 5.70 Å². The van der Waals surface area contributed by atoms with E-state index in [4.69, 9.17) is 18.0 Å². The van der Waals surface area contributed by atoms with E-state index in [2.05, 4.69) is 15.3 Å². The van der Waals surface area contributed by atoms with Crippen LogP contribution in [0.15, 0.2) is 60.2 Å². The van der Waals surface area contributed by atoms with Gasteiger partial charge in [0.1, 0.15) is 11.6 Å². The third-order valence-corrected chi connectivity index (χ3v) is 5.10. The number of ketones is 1. The summed E-state index contributed by atoms with van der Waals surface area (Å²) in [5, 5.41) is 3.31. The molecule has 0 fully saturated rings. The summed E-state index contributed by atoms with van der Waals surface area (Å²) < 4.78 is 0.308. The molecule has 0 saturated carbocycles. The second-order valence-electron chi connectivity index (χ2n) is 6.35. The fourth-order valence-electron chi connectivity index (χ4n) is 3.84. The van der Waals surface area contributed by atoms with Crippen LogP contribution in [0.4, 0.5) is 11.6 Å². The Morgan fingerprint density at radius 1 is 1.00 bits per heavy atom. The number of aromatic amines is 1. The van der Waals surface area contributed by atoms with Crippen molar-refractivity contribution in [2.45, 2.75) is 5.92 Å². The summed E-state index contributed by atoms with van der Waals surface area (Å²) in [5.74, 6) is 0.742. The van der Waals surface area contributed by atoms with Crippen molar-refractivity contribution in [2.24, 2.45) is 0 Å². The van der Waals surface area contributed by atoms with E-state index in [0.717, 1.165) is 22.4 Å². The van der Waals surface area contributed by atoms with E-state index in [9.17, 15) is 4.79 Å². The summed E-state index contributed by atoms with van der Waals surface area (Å²) in [7, 11) is 0. The number of hydrogen-bond acceptors (Lipinski definition) is 5. The molecule has 1 unspecified atom stereocenters. The van der Waals surface area contributed by atoms with Crippen LogP contribution in [0.2, 0.25) is 0 Å². The lowest BCUT2D eigenvalue weighted by Gasteiger charge is -2.28. The number of rotatable bonds is 1. The number of aromatic nitrogens is 2. The van der Waals surface area contributed by atoms with Gasteiger partial charge in [0.15, 0.2) is 10.6 Å². The first-order valence-corrected chi connectivity index (χ1v) is 8.66. The molecule has 0 radical (unpaired) electrons. The van der Waals surface area contributed by atoms with Crippen molar-refractivity contribution in [3.05, 3.63) is 87.2 Å². The number of Topliss-reactive ketones (excluding diaryl/α,β-unsaturated/α-hetero) is 1. The number of hydrogen-bond donors (Lipinski definition) is 3. The largest absolute Gasteiger partial charge is 0.385 e. The minimum absolute atomic E-state index is 0.0180. The maximum Gasteiger partial charge on any atom is 0.200 e. The molecular formula is C20H14N4OS. The number of carbonyl (C=O) groups excluding carboxylic acids is 1. The van der Waals surface area contributed by atoms with E-state index < -0.39 is 0 Å². The van der Waals surface area contributed by atoms with E-state index in [0.29, 0.717) is 27.5 Å². The summed E-state index contributed by atoms with van der Waals surface area (Å²) in [6.07, 6.45) is 0. The molecule has 6 heteroatoms. The van der Waals surface area contributed by atoms with Gasteiger partial charge in [0.05, 0.1) is 5.70 Å². The molecule has 0 saturated heterocycles. The van der Waals surface area contributed by atoms with Crippen LogP contribution in [0.1, 0.15) is 33.0 Å². The summed E-state index contributed by atoms with van der Waals surface area (Å²) >= 11 is 5.19. The molecule has 3 aromatic rings. The van der Waals surface area contributed by atoms with Gasteiger partial charge in [-0.3, -0.25) is 4.79 Å². The second-order valence-corrected chi connectivity index (χ2v) is 6.74. The Kier molecular flexibility index (Phi) is 3.11. The number of nitrogens with two attached hydrogens (primary N) is 1. The molecule has 1 atom stereocenters. The fourth-order valence-corrected chi connectivity index (χ4v) is 4.04. The minimum Gasteiger partial charge on any atom is -0.385 e. The van der Waals surface area contributed by atoms with Gasteiger partial charge in [-0.2, -0.15) is 0 Å². The number of nitrogens with one attached hydrogen (secondary N) is 2. The number of nitrogen functional groups attached to an aromatic ring is 1. The molecule has 1 aliphatic heterocycles. The molecule has 2 aromatic carbocycles. The van der Waals surface area contributed by atoms with Crippen LogP contribution in [-0.4, -0.2) is 15.8 Å². The summed E-state index contributed by atoms with van der Waals surface area (Å²) in [4.78, 5) is 20.6. The van der Waals surface area contributed by atoms with Crippen molar-refractivity contribution < 1.29 is 4.79 Å². The molecule has 0 spiro atoms. The fraction of sp³-hybridized carbons (Fsp3) is 0.0500. The van der Waals surface area contributed by atoms with E-state index in [1.807, 2.05) is 54.6 Å². The standard InChI is InChI=1S/C20H14N4OS/c21-18-15-13(10-6-2-1-3-7-10)14-16(22-19(15)24-20(26)23-18)11-8-4-5-9-12(11)17(14)25/h1-9,13H,(H4,21,22,23,24,26). The van der Waals surface area contributed by atoms with Crippen molar-refractivity contribution >= 4 is 35.3 Å². The Balaban J connectivity index is 1.84. The molecule has 126 valence electrons. The highest BCUT2D eigenvalue weighted by atomic mass is 32.1. The number of fused-ring (bicyclic) bond motifs is 3. The van der Waals surface area contributed by atoms with E-state index in [-0.39, 0.29) is 11.7 Å². The predicted molar refractivity (Wildman–Crippen MR) is 103 cm³/mol. The number of allylic oxidation sites excluding steroid dienone is 1. The molecule has 1 aromatic heterocycles. The summed E-state index contributed by atoms with van der Waals surface area (Å²) in [6, 6.07) is 17.5. The van der Waals surface area contributed by atoms with Crippen LogP contribution in [-0.2, 0) is 0 Å². The number of carbonyl (C=O) groups is 1. The minimum atomic E-state index is -0.304. The summed E-state index contributed by atoms with van der Waals surface area (Å²) in [6.45, 7) is 0. The van der Waals surface area contributed by atoms with Gasteiger partial charge in [-0.25, -0.2) is 4.98 Å². The van der Waals surface area contributed by atoms with Gasteiger partial charge < -0.3 is 16.0 Å². The number of nitrogens with zero attached hydrogens (tertiary/aromatic N) is 1. The molecule has 2 aliphatic rings. The van der Waals surface area contributed by atoms with Crippen LogP contribution < -0.4 is 11.1 Å².